The normalized spacial score (nSPS) is 28.4. The summed E-state index contributed by atoms with van der Waals surface area (Å²) in [5.74, 6) is 1.27. The molecule has 1 aromatic rings. The third kappa shape index (κ3) is 2.47. The highest BCUT2D eigenvalue weighted by Gasteiger charge is 2.38. The minimum Gasteiger partial charge on any atom is -0.496 e. The summed E-state index contributed by atoms with van der Waals surface area (Å²) in [5.41, 5.74) is 1.81. The zero-order chi connectivity index (χ0) is 12.5. The van der Waals surface area contributed by atoms with Crippen LogP contribution in [0.3, 0.4) is 0 Å². The lowest BCUT2D eigenvalue weighted by Crippen LogP contribution is -2.34. The fourth-order valence-electron chi connectivity index (χ4n) is 2.87. The van der Waals surface area contributed by atoms with Gasteiger partial charge in [-0.05, 0) is 37.3 Å². The first kappa shape index (κ1) is 12.4. The molecule has 0 radical (unpaired) electrons. The van der Waals surface area contributed by atoms with Crippen molar-refractivity contribution in [1.29, 1.82) is 0 Å². The molecule has 1 fully saturated rings. The average molecular weight is 234 g/mol. The highest BCUT2D eigenvalue weighted by molar-refractivity contribution is 5.38. The molecule has 0 aromatic heterocycles. The number of aryl methyl sites for hydroxylation is 1. The second-order valence-electron chi connectivity index (χ2n) is 5.39. The van der Waals surface area contributed by atoms with Crippen LogP contribution in [0.1, 0.15) is 37.3 Å². The third-order valence-corrected chi connectivity index (χ3v) is 4.10. The van der Waals surface area contributed by atoms with Gasteiger partial charge in [-0.25, -0.2) is 0 Å². The maximum Gasteiger partial charge on any atom is 0.122 e. The molecule has 1 aliphatic carbocycles. The molecular weight excluding hydrogens is 212 g/mol. The fraction of sp³-hybridized carbons (Fsp3) is 0.600. The average Bonchev–Trinajstić information content (AvgIpc) is 2.59. The van der Waals surface area contributed by atoms with Crippen LogP contribution in [-0.2, 0) is 6.42 Å². The van der Waals surface area contributed by atoms with Crippen LogP contribution in [0, 0.1) is 12.8 Å². The van der Waals surface area contributed by atoms with Crippen molar-refractivity contribution >= 4 is 0 Å². The van der Waals surface area contributed by atoms with Gasteiger partial charge >= 0.3 is 0 Å². The summed E-state index contributed by atoms with van der Waals surface area (Å²) >= 11 is 0. The number of methoxy groups -OCH3 is 1. The van der Waals surface area contributed by atoms with Crippen molar-refractivity contribution < 1.29 is 9.84 Å². The second kappa shape index (κ2) is 4.69. The summed E-state index contributed by atoms with van der Waals surface area (Å²) < 4.78 is 5.38. The Balaban J connectivity index is 2.25. The smallest absolute Gasteiger partial charge is 0.122 e. The molecule has 2 unspecified atom stereocenters. The van der Waals surface area contributed by atoms with Crippen molar-refractivity contribution in [2.75, 3.05) is 7.11 Å². The number of hydrogen-bond donors (Lipinski definition) is 1. The van der Waals surface area contributed by atoms with Gasteiger partial charge in [-0.1, -0.05) is 31.0 Å². The van der Waals surface area contributed by atoms with Crippen LogP contribution in [0.5, 0.6) is 5.75 Å². The lowest BCUT2D eigenvalue weighted by Gasteiger charge is -2.28. The van der Waals surface area contributed by atoms with Crippen molar-refractivity contribution in [3.8, 4) is 5.75 Å². The van der Waals surface area contributed by atoms with Crippen molar-refractivity contribution in [2.24, 2.45) is 5.92 Å². The van der Waals surface area contributed by atoms with Gasteiger partial charge in [-0.15, -0.1) is 0 Å². The molecule has 0 aliphatic heterocycles. The van der Waals surface area contributed by atoms with Gasteiger partial charge in [0.2, 0.25) is 0 Å². The lowest BCUT2D eigenvalue weighted by molar-refractivity contribution is 0.00912. The number of rotatable bonds is 3. The van der Waals surface area contributed by atoms with E-state index in [4.69, 9.17) is 4.74 Å². The zero-order valence-corrected chi connectivity index (χ0v) is 11.0. The van der Waals surface area contributed by atoms with Crippen LogP contribution in [-0.4, -0.2) is 17.8 Å². The molecule has 17 heavy (non-hydrogen) atoms. The summed E-state index contributed by atoms with van der Waals surface area (Å²) in [6.45, 7) is 4.22. The summed E-state index contributed by atoms with van der Waals surface area (Å²) in [6.07, 6.45) is 3.88. The van der Waals surface area contributed by atoms with Crippen molar-refractivity contribution in [2.45, 2.75) is 45.1 Å². The van der Waals surface area contributed by atoms with Gasteiger partial charge in [0.05, 0.1) is 12.7 Å². The van der Waals surface area contributed by atoms with Crippen molar-refractivity contribution in [1.82, 2.24) is 0 Å². The quantitative estimate of drug-likeness (QED) is 0.870. The number of hydrogen-bond acceptors (Lipinski definition) is 2. The predicted octanol–water partition coefficient (Wildman–Crippen LogP) is 3.10. The zero-order valence-electron chi connectivity index (χ0n) is 11.0. The molecule has 0 bridgehead atoms. The lowest BCUT2D eigenvalue weighted by atomic mass is 9.85. The number of ether oxygens (including phenoxy) is 1. The van der Waals surface area contributed by atoms with Gasteiger partial charge in [-0.3, -0.25) is 0 Å². The molecule has 0 amide bonds. The van der Waals surface area contributed by atoms with Crippen LogP contribution >= 0.6 is 0 Å². The monoisotopic (exact) mass is 234 g/mol. The van der Waals surface area contributed by atoms with Crippen LogP contribution in [0.15, 0.2) is 18.2 Å². The maximum atomic E-state index is 10.7. The molecule has 0 heterocycles. The van der Waals surface area contributed by atoms with Crippen LogP contribution in [0.4, 0.5) is 0 Å². The Hall–Kier alpha value is -1.02. The van der Waals surface area contributed by atoms with E-state index in [0.717, 1.165) is 30.6 Å². The predicted molar refractivity (Wildman–Crippen MR) is 69.4 cm³/mol. The van der Waals surface area contributed by atoms with E-state index in [1.807, 2.05) is 12.1 Å². The Morgan fingerprint density at radius 1 is 1.47 bits per heavy atom. The Morgan fingerprint density at radius 2 is 2.24 bits per heavy atom. The van der Waals surface area contributed by atoms with Crippen LogP contribution in [0.25, 0.3) is 0 Å². The molecule has 1 saturated carbocycles. The molecule has 1 aromatic carbocycles. The largest absolute Gasteiger partial charge is 0.496 e. The van der Waals surface area contributed by atoms with E-state index >= 15 is 0 Å². The van der Waals surface area contributed by atoms with Crippen molar-refractivity contribution in [3.63, 3.8) is 0 Å². The highest BCUT2D eigenvalue weighted by Crippen LogP contribution is 2.39. The van der Waals surface area contributed by atoms with Gasteiger partial charge in [0.15, 0.2) is 0 Å². The first-order chi connectivity index (χ1) is 8.05. The van der Waals surface area contributed by atoms with Crippen LogP contribution < -0.4 is 4.74 Å². The summed E-state index contributed by atoms with van der Waals surface area (Å²) in [7, 11) is 1.69. The van der Waals surface area contributed by atoms with Gasteiger partial charge in [-0.2, -0.15) is 0 Å². The Kier molecular flexibility index (Phi) is 3.43. The first-order valence-electron chi connectivity index (χ1n) is 6.41. The van der Waals surface area contributed by atoms with E-state index in [2.05, 4.69) is 19.9 Å². The topological polar surface area (TPSA) is 29.5 Å². The van der Waals surface area contributed by atoms with E-state index in [0.29, 0.717) is 12.3 Å². The molecule has 2 nitrogen and oxygen atoms in total. The van der Waals surface area contributed by atoms with Crippen molar-refractivity contribution in [3.05, 3.63) is 29.3 Å². The molecule has 94 valence electrons. The number of aliphatic hydroxyl groups is 1. The molecule has 2 heteroatoms. The molecule has 1 aliphatic rings. The Labute approximate surface area is 104 Å². The van der Waals surface area contributed by atoms with E-state index in [9.17, 15) is 5.11 Å². The molecule has 0 saturated heterocycles. The van der Waals surface area contributed by atoms with E-state index in [1.165, 1.54) is 5.56 Å². The molecule has 1 N–H and O–H groups in total. The van der Waals surface area contributed by atoms with E-state index in [1.54, 1.807) is 7.11 Å². The molecule has 0 spiro atoms. The minimum atomic E-state index is -0.541. The van der Waals surface area contributed by atoms with Gasteiger partial charge in [0.1, 0.15) is 5.75 Å². The number of benzene rings is 1. The maximum absolute atomic E-state index is 10.7. The second-order valence-corrected chi connectivity index (χ2v) is 5.39. The van der Waals surface area contributed by atoms with E-state index < -0.39 is 5.60 Å². The SMILES string of the molecule is COc1ccc(C)cc1CC1(O)CCCC1C. The summed E-state index contributed by atoms with van der Waals surface area (Å²) in [6, 6.07) is 6.17. The van der Waals surface area contributed by atoms with E-state index in [-0.39, 0.29) is 0 Å². The third-order valence-electron chi connectivity index (χ3n) is 4.10. The van der Waals surface area contributed by atoms with Gasteiger partial charge in [0.25, 0.3) is 0 Å². The standard InChI is InChI=1S/C15H22O2/c1-11-6-7-14(17-3)13(9-11)10-15(16)8-4-5-12(15)2/h6-7,9,12,16H,4-5,8,10H2,1-3H3. The first-order valence-corrected chi connectivity index (χ1v) is 6.41. The molecule has 2 rings (SSSR count). The summed E-state index contributed by atoms with van der Waals surface area (Å²) in [5, 5.41) is 10.7. The minimum absolute atomic E-state index is 0.382. The molecule has 2 atom stereocenters. The van der Waals surface area contributed by atoms with Gasteiger partial charge in [0, 0.05) is 6.42 Å². The fourth-order valence-corrected chi connectivity index (χ4v) is 2.87. The Bertz CT molecular complexity index is 400. The van der Waals surface area contributed by atoms with Gasteiger partial charge < -0.3 is 9.84 Å². The summed E-state index contributed by atoms with van der Waals surface area (Å²) in [4.78, 5) is 0. The Morgan fingerprint density at radius 3 is 2.82 bits per heavy atom. The van der Waals surface area contributed by atoms with Crippen LogP contribution in [0.2, 0.25) is 0 Å². The molecular formula is C15H22O2. The highest BCUT2D eigenvalue weighted by atomic mass is 16.5.